The van der Waals surface area contributed by atoms with Gasteiger partial charge in [-0.05, 0) is 25.2 Å². The van der Waals surface area contributed by atoms with Gasteiger partial charge in [0.15, 0.2) is 0 Å². The second-order valence-electron chi connectivity index (χ2n) is 4.13. The second-order valence-corrected chi connectivity index (χ2v) is 4.13. The number of nitrogens with zero attached hydrogens (tertiary/aromatic N) is 1. The maximum absolute atomic E-state index is 11.6. The molecule has 0 heterocycles. The molecule has 4 nitrogen and oxygen atoms in total. The van der Waals surface area contributed by atoms with Crippen LogP contribution >= 0.6 is 0 Å². The van der Waals surface area contributed by atoms with Crippen molar-refractivity contribution in [3.63, 3.8) is 0 Å². The molecular formula is C11H23NO3. The van der Waals surface area contributed by atoms with E-state index in [0.29, 0.717) is 5.92 Å². The lowest BCUT2D eigenvalue weighted by Gasteiger charge is -2.21. The molecular weight excluding hydrogens is 194 g/mol. The van der Waals surface area contributed by atoms with Crippen LogP contribution in [0.25, 0.3) is 0 Å². The first-order chi connectivity index (χ1) is 7.02. The van der Waals surface area contributed by atoms with Crippen LogP contribution in [0.4, 0.5) is 0 Å². The van der Waals surface area contributed by atoms with Crippen molar-refractivity contribution in [3.8, 4) is 0 Å². The van der Waals surface area contributed by atoms with Crippen molar-refractivity contribution in [2.75, 3.05) is 20.8 Å². The number of hydrogen-bond donors (Lipinski definition) is 1. The summed E-state index contributed by atoms with van der Waals surface area (Å²) in [7, 11) is 3.11. The van der Waals surface area contributed by atoms with E-state index in [9.17, 15) is 4.79 Å². The summed E-state index contributed by atoms with van der Waals surface area (Å²) in [4.78, 5) is 16.5. The van der Waals surface area contributed by atoms with Gasteiger partial charge in [-0.25, -0.2) is 5.06 Å². The van der Waals surface area contributed by atoms with Crippen LogP contribution in [0.1, 0.15) is 33.1 Å². The maximum atomic E-state index is 11.6. The van der Waals surface area contributed by atoms with E-state index in [1.54, 1.807) is 7.05 Å². The first-order valence-electron chi connectivity index (χ1n) is 5.45. The summed E-state index contributed by atoms with van der Waals surface area (Å²) in [5.41, 5.74) is 0. The Morgan fingerprint density at radius 2 is 2.07 bits per heavy atom. The summed E-state index contributed by atoms with van der Waals surface area (Å²) in [6.45, 7) is 4.24. The van der Waals surface area contributed by atoms with Crippen molar-refractivity contribution in [3.05, 3.63) is 0 Å². The van der Waals surface area contributed by atoms with Gasteiger partial charge in [-0.3, -0.25) is 9.63 Å². The van der Waals surface area contributed by atoms with Crippen molar-refractivity contribution < 1.29 is 14.7 Å². The lowest BCUT2D eigenvalue weighted by molar-refractivity contribution is -0.173. The first kappa shape index (κ1) is 14.4. The van der Waals surface area contributed by atoms with E-state index in [4.69, 9.17) is 9.94 Å². The predicted molar refractivity (Wildman–Crippen MR) is 59.0 cm³/mol. The smallest absolute Gasteiger partial charge is 0.248 e. The molecule has 0 spiro atoms. The van der Waals surface area contributed by atoms with Gasteiger partial charge in [0.25, 0.3) is 0 Å². The quantitative estimate of drug-likeness (QED) is 0.656. The van der Waals surface area contributed by atoms with E-state index in [1.165, 1.54) is 12.2 Å². The molecule has 0 aromatic rings. The summed E-state index contributed by atoms with van der Waals surface area (Å²) >= 11 is 0. The van der Waals surface area contributed by atoms with E-state index < -0.39 is 0 Å². The highest BCUT2D eigenvalue weighted by molar-refractivity contribution is 5.77. The first-order valence-corrected chi connectivity index (χ1v) is 5.45. The van der Waals surface area contributed by atoms with Gasteiger partial charge in [-0.2, -0.15) is 0 Å². The highest BCUT2D eigenvalue weighted by Crippen LogP contribution is 2.18. The Morgan fingerprint density at radius 1 is 1.47 bits per heavy atom. The topological polar surface area (TPSA) is 49.8 Å². The molecule has 0 aromatic heterocycles. The molecule has 1 amide bonds. The number of aliphatic hydroxyl groups excluding tert-OH is 1. The van der Waals surface area contributed by atoms with Crippen molar-refractivity contribution in [2.45, 2.75) is 33.1 Å². The summed E-state index contributed by atoms with van der Waals surface area (Å²) in [5, 5.41) is 9.96. The van der Waals surface area contributed by atoms with Crippen molar-refractivity contribution in [1.29, 1.82) is 0 Å². The molecule has 0 saturated heterocycles. The average Bonchev–Trinajstić information content (AvgIpc) is 2.23. The van der Waals surface area contributed by atoms with Gasteiger partial charge in [0, 0.05) is 19.6 Å². The van der Waals surface area contributed by atoms with Crippen LogP contribution in [-0.4, -0.2) is 36.8 Å². The Hall–Kier alpha value is -0.610. The number of rotatable bonds is 7. The molecule has 1 N–H and O–H groups in total. The zero-order valence-corrected chi connectivity index (χ0v) is 10.2. The molecule has 4 heteroatoms. The zero-order chi connectivity index (χ0) is 11.8. The maximum Gasteiger partial charge on any atom is 0.248 e. The largest absolute Gasteiger partial charge is 0.396 e. The van der Waals surface area contributed by atoms with E-state index in [0.717, 1.165) is 19.3 Å². The van der Waals surface area contributed by atoms with Gasteiger partial charge in [0.2, 0.25) is 5.91 Å². The summed E-state index contributed by atoms with van der Waals surface area (Å²) in [5.74, 6) is 0.443. The molecule has 2 atom stereocenters. The third-order valence-corrected chi connectivity index (χ3v) is 2.62. The molecule has 0 radical (unpaired) electrons. The molecule has 0 fully saturated rings. The van der Waals surface area contributed by atoms with Crippen LogP contribution in [0.3, 0.4) is 0 Å². The fraction of sp³-hybridized carbons (Fsp3) is 0.909. The average molecular weight is 217 g/mol. The molecule has 0 aliphatic rings. The SMILES string of the molecule is CON(C)C(=O)C(C)C[C@H](C)CCCO. The molecule has 0 aliphatic heterocycles. The van der Waals surface area contributed by atoms with Gasteiger partial charge >= 0.3 is 0 Å². The standard InChI is InChI=1S/C11H23NO3/c1-9(6-5-7-13)8-10(2)11(14)12(3)15-4/h9-10,13H,5-8H2,1-4H3/t9-,10?/m1/s1. The van der Waals surface area contributed by atoms with Crippen LogP contribution in [-0.2, 0) is 9.63 Å². The lowest BCUT2D eigenvalue weighted by Crippen LogP contribution is -2.31. The van der Waals surface area contributed by atoms with E-state index in [1.807, 2.05) is 6.92 Å². The van der Waals surface area contributed by atoms with Gasteiger partial charge in [-0.1, -0.05) is 13.8 Å². The van der Waals surface area contributed by atoms with Crippen LogP contribution < -0.4 is 0 Å². The van der Waals surface area contributed by atoms with Gasteiger partial charge in [0.1, 0.15) is 0 Å². The molecule has 90 valence electrons. The van der Waals surface area contributed by atoms with Crippen LogP contribution in [0.5, 0.6) is 0 Å². The van der Waals surface area contributed by atoms with Crippen molar-refractivity contribution in [2.24, 2.45) is 11.8 Å². The number of carbonyl (C=O) groups excluding carboxylic acids is 1. The normalized spacial score (nSPS) is 14.7. The highest BCUT2D eigenvalue weighted by Gasteiger charge is 2.19. The summed E-state index contributed by atoms with van der Waals surface area (Å²) in [6, 6.07) is 0. The monoisotopic (exact) mass is 217 g/mol. The number of amides is 1. The summed E-state index contributed by atoms with van der Waals surface area (Å²) < 4.78 is 0. The third-order valence-electron chi connectivity index (χ3n) is 2.62. The van der Waals surface area contributed by atoms with Crippen molar-refractivity contribution >= 4 is 5.91 Å². The fourth-order valence-electron chi connectivity index (χ4n) is 1.66. The van der Waals surface area contributed by atoms with Crippen LogP contribution in [0, 0.1) is 11.8 Å². The highest BCUT2D eigenvalue weighted by atomic mass is 16.7. The van der Waals surface area contributed by atoms with Crippen LogP contribution in [0.2, 0.25) is 0 Å². The number of hydroxylamine groups is 2. The van der Waals surface area contributed by atoms with Crippen molar-refractivity contribution in [1.82, 2.24) is 5.06 Å². The Labute approximate surface area is 92.2 Å². The van der Waals surface area contributed by atoms with E-state index >= 15 is 0 Å². The Balaban J connectivity index is 3.90. The minimum atomic E-state index is -0.0244. The molecule has 0 bridgehead atoms. The predicted octanol–water partition coefficient (Wildman–Crippen LogP) is 1.44. The summed E-state index contributed by atoms with van der Waals surface area (Å²) in [6.07, 6.45) is 2.61. The van der Waals surface area contributed by atoms with Gasteiger partial charge in [0.05, 0.1) is 7.11 Å². The molecule has 0 aromatic carbocycles. The molecule has 0 aliphatic carbocycles. The Morgan fingerprint density at radius 3 is 2.53 bits per heavy atom. The molecule has 15 heavy (non-hydrogen) atoms. The third kappa shape index (κ3) is 5.74. The van der Waals surface area contributed by atoms with Gasteiger partial charge < -0.3 is 5.11 Å². The minimum absolute atomic E-state index is 0.00773. The Bertz CT molecular complexity index is 185. The Kier molecular flexibility index (Phi) is 7.34. The molecule has 0 rings (SSSR count). The number of hydrogen-bond acceptors (Lipinski definition) is 3. The minimum Gasteiger partial charge on any atom is -0.396 e. The van der Waals surface area contributed by atoms with E-state index in [-0.39, 0.29) is 18.4 Å². The number of aliphatic hydroxyl groups is 1. The molecule has 0 saturated carbocycles. The number of carbonyl (C=O) groups is 1. The molecule has 1 unspecified atom stereocenters. The fourth-order valence-corrected chi connectivity index (χ4v) is 1.66. The lowest BCUT2D eigenvalue weighted by atomic mass is 9.93. The van der Waals surface area contributed by atoms with Gasteiger partial charge in [-0.15, -0.1) is 0 Å². The second kappa shape index (κ2) is 7.65. The zero-order valence-electron chi connectivity index (χ0n) is 10.2. The van der Waals surface area contributed by atoms with Crippen LogP contribution in [0.15, 0.2) is 0 Å². The van der Waals surface area contributed by atoms with E-state index in [2.05, 4.69) is 6.92 Å².